The third-order valence-corrected chi connectivity index (χ3v) is 6.00. The number of rotatable bonds is 8. The molecule has 0 aliphatic heterocycles. The van der Waals surface area contributed by atoms with Gasteiger partial charge in [0.25, 0.3) is 0 Å². The normalized spacial score (nSPS) is 19.6. The summed E-state index contributed by atoms with van der Waals surface area (Å²) >= 11 is 0. The predicted octanol–water partition coefficient (Wildman–Crippen LogP) is 3.14. The Balaban J connectivity index is 1.24. The van der Waals surface area contributed by atoms with E-state index in [1.54, 1.807) is 6.92 Å². The third-order valence-electron chi connectivity index (χ3n) is 6.00. The average molecular weight is 422 g/mol. The highest BCUT2D eigenvalue weighted by Gasteiger charge is 2.43. The molecule has 0 heterocycles. The molecule has 2 aromatic carbocycles. The standard InChI is InChI=1S/C24H26N2O5/c1-14(10-22(27)25-12-15-11-20(15)23(28)29)26-24(30)31-13-21-18-8-4-2-6-16(18)17-7-3-5-9-19(17)21/h2-9,14-15,20-21H,10-13H2,1H3,(H,25,27)(H,26,30)(H,28,29)/t14-,15?,20?/m1/s1. The maximum Gasteiger partial charge on any atom is 0.407 e. The summed E-state index contributed by atoms with van der Waals surface area (Å²) in [6, 6.07) is 15.9. The Hall–Kier alpha value is -3.35. The molecule has 2 amide bonds. The Morgan fingerprint density at radius 1 is 1.06 bits per heavy atom. The number of hydrogen-bond acceptors (Lipinski definition) is 4. The summed E-state index contributed by atoms with van der Waals surface area (Å²) in [4.78, 5) is 35.1. The minimum Gasteiger partial charge on any atom is -0.481 e. The van der Waals surface area contributed by atoms with Crippen molar-refractivity contribution in [2.75, 3.05) is 13.2 Å². The second-order valence-electron chi connectivity index (χ2n) is 8.32. The van der Waals surface area contributed by atoms with Crippen LogP contribution >= 0.6 is 0 Å². The zero-order valence-electron chi connectivity index (χ0n) is 17.3. The van der Waals surface area contributed by atoms with E-state index in [2.05, 4.69) is 34.9 Å². The van der Waals surface area contributed by atoms with Gasteiger partial charge in [-0.15, -0.1) is 0 Å². The fraction of sp³-hybridized carbons (Fsp3) is 0.375. The molecule has 7 heteroatoms. The van der Waals surface area contributed by atoms with Gasteiger partial charge < -0.3 is 20.5 Å². The highest BCUT2D eigenvalue weighted by molar-refractivity contribution is 5.80. The first kappa shape index (κ1) is 20.9. The largest absolute Gasteiger partial charge is 0.481 e. The quantitative estimate of drug-likeness (QED) is 0.606. The van der Waals surface area contributed by atoms with Gasteiger partial charge in [-0.1, -0.05) is 48.5 Å². The Bertz CT molecular complexity index is 959. The summed E-state index contributed by atoms with van der Waals surface area (Å²) < 4.78 is 5.49. The molecule has 0 spiro atoms. The lowest BCUT2D eigenvalue weighted by molar-refractivity contribution is -0.139. The molecular formula is C24H26N2O5. The first-order chi connectivity index (χ1) is 14.9. The SMILES string of the molecule is C[C@H](CC(=O)NCC1CC1C(=O)O)NC(=O)OCC1c2ccccc2-c2ccccc21. The number of carboxylic acids is 1. The number of benzene rings is 2. The van der Waals surface area contributed by atoms with E-state index in [0.29, 0.717) is 13.0 Å². The van der Waals surface area contributed by atoms with Crippen LogP contribution < -0.4 is 10.6 Å². The first-order valence-electron chi connectivity index (χ1n) is 10.5. The molecular weight excluding hydrogens is 396 g/mol. The van der Waals surface area contributed by atoms with Crippen LogP contribution in [0.15, 0.2) is 48.5 Å². The molecule has 0 aromatic heterocycles. The Morgan fingerprint density at radius 2 is 1.68 bits per heavy atom. The van der Waals surface area contributed by atoms with Gasteiger partial charge >= 0.3 is 12.1 Å². The molecule has 7 nitrogen and oxygen atoms in total. The summed E-state index contributed by atoms with van der Waals surface area (Å²) in [5, 5.41) is 14.3. The summed E-state index contributed by atoms with van der Waals surface area (Å²) in [6.07, 6.45) is 0.146. The van der Waals surface area contributed by atoms with Crippen LogP contribution in [0, 0.1) is 11.8 Å². The summed E-state index contributed by atoms with van der Waals surface area (Å²) in [6.45, 7) is 2.31. The molecule has 31 heavy (non-hydrogen) atoms. The lowest BCUT2D eigenvalue weighted by Gasteiger charge is -2.17. The number of alkyl carbamates (subject to hydrolysis) is 1. The molecule has 1 saturated carbocycles. The molecule has 162 valence electrons. The number of carbonyl (C=O) groups is 3. The van der Waals surface area contributed by atoms with Gasteiger partial charge in [0.2, 0.25) is 5.91 Å². The molecule has 2 aromatic rings. The number of carboxylic acid groups (broad SMARTS) is 1. The molecule has 0 bridgehead atoms. The van der Waals surface area contributed by atoms with E-state index in [1.165, 1.54) is 0 Å². The van der Waals surface area contributed by atoms with Crippen LogP contribution in [-0.2, 0) is 14.3 Å². The van der Waals surface area contributed by atoms with E-state index < -0.39 is 18.1 Å². The van der Waals surface area contributed by atoms with Crippen molar-refractivity contribution in [3.8, 4) is 11.1 Å². The smallest absolute Gasteiger partial charge is 0.407 e. The number of amides is 2. The van der Waals surface area contributed by atoms with Gasteiger partial charge in [-0.05, 0) is 41.5 Å². The van der Waals surface area contributed by atoms with Gasteiger partial charge in [-0.25, -0.2) is 4.79 Å². The van der Waals surface area contributed by atoms with E-state index in [0.717, 1.165) is 22.3 Å². The fourth-order valence-corrected chi connectivity index (χ4v) is 4.26. The highest BCUT2D eigenvalue weighted by Crippen LogP contribution is 2.44. The van der Waals surface area contributed by atoms with E-state index in [4.69, 9.17) is 9.84 Å². The van der Waals surface area contributed by atoms with Crippen LogP contribution in [0.4, 0.5) is 4.79 Å². The number of nitrogens with one attached hydrogen (secondary N) is 2. The van der Waals surface area contributed by atoms with Crippen LogP contribution in [0.5, 0.6) is 0 Å². The zero-order chi connectivity index (χ0) is 22.0. The third kappa shape index (κ3) is 4.71. The van der Waals surface area contributed by atoms with Crippen LogP contribution in [0.3, 0.4) is 0 Å². The van der Waals surface area contributed by atoms with E-state index >= 15 is 0 Å². The number of aliphatic carboxylic acids is 1. The number of fused-ring (bicyclic) bond motifs is 3. The van der Waals surface area contributed by atoms with Crippen LogP contribution in [0.2, 0.25) is 0 Å². The zero-order valence-corrected chi connectivity index (χ0v) is 17.3. The molecule has 0 radical (unpaired) electrons. The van der Waals surface area contributed by atoms with Crippen molar-refractivity contribution >= 4 is 18.0 Å². The van der Waals surface area contributed by atoms with Crippen molar-refractivity contribution in [1.29, 1.82) is 0 Å². The minimum atomic E-state index is -0.815. The molecule has 2 aliphatic carbocycles. The molecule has 1 fully saturated rings. The van der Waals surface area contributed by atoms with Crippen LogP contribution in [0.25, 0.3) is 11.1 Å². The van der Waals surface area contributed by atoms with Crippen molar-refractivity contribution < 1.29 is 24.2 Å². The van der Waals surface area contributed by atoms with Gasteiger partial charge in [0.15, 0.2) is 0 Å². The van der Waals surface area contributed by atoms with Crippen molar-refractivity contribution in [2.45, 2.75) is 31.7 Å². The number of carbonyl (C=O) groups excluding carboxylic acids is 2. The lowest BCUT2D eigenvalue weighted by atomic mass is 9.98. The first-order valence-corrected chi connectivity index (χ1v) is 10.5. The Labute approximate surface area is 180 Å². The Morgan fingerprint density at radius 3 is 2.26 bits per heavy atom. The highest BCUT2D eigenvalue weighted by atomic mass is 16.5. The van der Waals surface area contributed by atoms with Crippen molar-refractivity contribution in [1.82, 2.24) is 10.6 Å². The van der Waals surface area contributed by atoms with E-state index in [-0.39, 0.29) is 36.7 Å². The van der Waals surface area contributed by atoms with E-state index in [1.807, 2.05) is 24.3 Å². The maximum absolute atomic E-state index is 12.3. The van der Waals surface area contributed by atoms with Gasteiger partial charge in [-0.2, -0.15) is 0 Å². The van der Waals surface area contributed by atoms with Crippen molar-refractivity contribution in [3.63, 3.8) is 0 Å². The molecule has 4 rings (SSSR count). The van der Waals surface area contributed by atoms with E-state index in [9.17, 15) is 14.4 Å². The van der Waals surface area contributed by atoms with Gasteiger partial charge in [0, 0.05) is 24.9 Å². The molecule has 0 saturated heterocycles. The molecule has 2 aliphatic rings. The number of ether oxygens (including phenoxy) is 1. The number of hydrogen-bond donors (Lipinski definition) is 3. The minimum absolute atomic E-state index is 0.00634. The van der Waals surface area contributed by atoms with Crippen molar-refractivity contribution in [2.24, 2.45) is 11.8 Å². The molecule has 2 unspecified atom stereocenters. The monoisotopic (exact) mass is 422 g/mol. The van der Waals surface area contributed by atoms with Gasteiger partial charge in [0.1, 0.15) is 6.61 Å². The fourth-order valence-electron chi connectivity index (χ4n) is 4.26. The van der Waals surface area contributed by atoms with Gasteiger partial charge in [-0.3, -0.25) is 9.59 Å². The summed E-state index contributed by atoms with van der Waals surface area (Å²) in [5.74, 6) is -1.40. The molecule has 3 N–H and O–H groups in total. The maximum atomic E-state index is 12.3. The topological polar surface area (TPSA) is 105 Å². The summed E-state index contributed by atoms with van der Waals surface area (Å²) in [5.41, 5.74) is 4.61. The Kier molecular flexibility index (Phi) is 5.93. The van der Waals surface area contributed by atoms with Crippen LogP contribution in [0.1, 0.15) is 36.8 Å². The molecule has 3 atom stereocenters. The second-order valence-corrected chi connectivity index (χ2v) is 8.32. The van der Waals surface area contributed by atoms with Gasteiger partial charge in [0.05, 0.1) is 5.92 Å². The van der Waals surface area contributed by atoms with Crippen molar-refractivity contribution in [3.05, 3.63) is 59.7 Å². The van der Waals surface area contributed by atoms with Crippen LogP contribution in [-0.4, -0.2) is 42.3 Å². The lowest BCUT2D eigenvalue weighted by Crippen LogP contribution is -2.38. The summed E-state index contributed by atoms with van der Waals surface area (Å²) in [7, 11) is 0. The average Bonchev–Trinajstić information content (AvgIpc) is 3.46. The predicted molar refractivity (Wildman–Crippen MR) is 115 cm³/mol. The second kappa shape index (κ2) is 8.79.